The largest absolute Gasteiger partial charge is 0.336 e. The molecule has 0 spiro atoms. The summed E-state index contributed by atoms with van der Waals surface area (Å²) in [5.74, 6) is 0.519. The van der Waals surface area contributed by atoms with Gasteiger partial charge in [0, 0.05) is 35.7 Å². The van der Waals surface area contributed by atoms with E-state index in [1.54, 1.807) is 36.9 Å². The number of pyridine rings is 1. The Morgan fingerprint density at radius 1 is 1.23 bits per heavy atom. The van der Waals surface area contributed by atoms with Crippen molar-refractivity contribution in [3.63, 3.8) is 0 Å². The van der Waals surface area contributed by atoms with Gasteiger partial charge in [0.1, 0.15) is 4.53 Å². The van der Waals surface area contributed by atoms with Crippen LogP contribution in [0, 0.1) is 0 Å². The van der Waals surface area contributed by atoms with Gasteiger partial charge in [-0.25, -0.2) is 4.98 Å². The Morgan fingerprint density at radius 2 is 2.09 bits per heavy atom. The molecule has 0 bridgehead atoms. The Balaban J connectivity index is 1.75. The Kier molecular flexibility index (Phi) is 3.13. The minimum atomic E-state index is -0.197. The van der Waals surface area contributed by atoms with Gasteiger partial charge in [-0.2, -0.15) is 9.50 Å². The maximum absolute atomic E-state index is 12.3. The van der Waals surface area contributed by atoms with E-state index in [2.05, 4.69) is 25.4 Å². The molecule has 0 unspecified atom stereocenters. The van der Waals surface area contributed by atoms with Crippen LogP contribution in [0.2, 0.25) is 0 Å². The monoisotopic (exact) mass is 328 g/mol. The van der Waals surface area contributed by atoms with Gasteiger partial charge in [0.05, 0.1) is 0 Å². The quantitative estimate of drug-likeness (QED) is 0.609. The zero-order valence-corrected chi connectivity index (χ0v) is 12.6. The zero-order valence-electron chi connectivity index (χ0n) is 11.0. The summed E-state index contributed by atoms with van der Waals surface area (Å²) in [6.07, 6.45) is 6.66. The van der Waals surface area contributed by atoms with E-state index in [-0.39, 0.29) is 5.56 Å². The summed E-state index contributed by atoms with van der Waals surface area (Å²) in [6, 6.07) is 3.61. The minimum absolute atomic E-state index is 0.197. The third-order valence-electron chi connectivity index (χ3n) is 2.88. The molecule has 4 rings (SSSR count). The average Bonchev–Trinajstić information content (AvgIpc) is 3.25. The molecule has 7 nitrogen and oxygen atoms in total. The normalized spacial score (nSPS) is 12.1. The van der Waals surface area contributed by atoms with Crippen molar-refractivity contribution in [3.8, 4) is 11.4 Å². The first kappa shape index (κ1) is 13.0. The van der Waals surface area contributed by atoms with E-state index in [4.69, 9.17) is 0 Å². The highest BCUT2D eigenvalue weighted by atomic mass is 32.1. The van der Waals surface area contributed by atoms with Crippen molar-refractivity contribution < 1.29 is 0 Å². The summed E-state index contributed by atoms with van der Waals surface area (Å²) >= 11 is 2.74. The van der Waals surface area contributed by atoms with Crippen LogP contribution in [-0.4, -0.2) is 24.6 Å². The van der Waals surface area contributed by atoms with Crippen LogP contribution in [0.5, 0.6) is 0 Å². The van der Waals surface area contributed by atoms with Crippen LogP contribution in [0.3, 0.4) is 0 Å². The molecule has 0 atom stereocenters. The summed E-state index contributed by atoms with van der Waals surface area (Å²) < 4.78 is 1.85. The molecule has 4 heterocycles. The second kappa shape index (κ2) is 5.28. The second-order valence-corrected chi connectivity index (χ2v) is 6.17. The molecule has 0 amide bonds. The zero-order chi connectivity index (χ0) is 14.9. The third-order valence-corrected chi connectivity index (χ3v) is 4.54. The van der Waals surface area contributed by atoms with Crippen molar-refractivity contribution in [1.82, 2.24) is 24.6 Å². The van der Waals surface area contributed by atoms with E-state index in [1.807, 2.05) is 5.38 Å². The van der Waals surface area contributed by atoms with Crippen LogP contribution in [0.25, 0.3) is 22.5 Å². The van der Waals surface area contributed by atoms with E-state index in [0.717, 1.165) is 10.7 Å². The molecular formula is C13H8N6OS2. The van der Waals surface area contributed by atoms with E-state index >= 15 is 0 Å². The molecule has 0 aliphatic heterocycles. The van der Waals surface area contributed by atoms with E-state index in [1.165, 1.54) is 27.2 Å². The molecule has 9 heteroatoms. The Morgan fingerprint density at radius 3 is 2.82 bits per heavy atom. The minimum Gasteiger partial charge on any atom is -0.336 e. The number of nitrogens with one attached hydrogen (secondary N) is 1. The van der Waals surface area contributed by atoms with Gasteiger partial charge in [-0.05, 0) is 12.1 Å². The van der Waals surface area contributed by atoms with Crippen molar-refractivity contribution in [1.29, 1.82) is 0 Å². The Labute approximate surface area is 131 Å². The van der Waals surface area contributed by atoms with Crippen molar-refractivity contribution in [3.05, 3.63) is 51.0 Å². The summed E-state index contributed by atoms with van der Waals surface area (Å²) in [6.45, 7) is 0. The standard InChI is InChI=1S/C13H8N6OS2/c20-11-9(7-16-12-15-5-6-21-12)22-13-17-10(18-19(11)13)8-1-3-14-4-2-8/h1-7H,(H,15,16)/b9-7-. The summed E-state index contributed by atoms with van der Waals surface area (Å²) in [7, 11) is 0. The SMILES string of the molecule is O=c1/c(=C/Nc2nccs2)sc2nc(-c3ccncc3)nn12. The first-order valence-electron chi connectivity index (χ1n) is 6.27. The molecule has 22 heavy (non-hydrogen) atoms. The fourth-order valence-corrected chi connectivity index (χ4v) is 3.21. The maximum atomic E-state index is 12.3. The highest BCUT2D eigenvalue weighted by Crippen LogP contribution is 2.15. The van der Waals surface area contributed by atoms with Crippen LogP contribution >= 0.6 is 22.7 Å². The second-order valence-electron chi connectivity index (χ2n) is 4.26. The van der Waals surface area contributed by atoms with Gasteiger partial charge in [-0.1, -0.05) is 11.3 Å². The highest BCUT2D eigenvalue weighted by Gasteiger charge is 2.11. The Bertz CT molecular complexity index is 1020. The molecule has 0 aliphatic rings. The van der Waals surface area contributed by atoms with Crippen LogP contribution in [0.15, 0.2) is 40.9 Å². The first-order chi connectivity index (χ1) is 10.8. The van der Waals surface area contributed by atoms with Gasteiger partial charge >= 0.3 is 0 Å². The molecule has 4 aromatic rings. The van der Waals surface area contributed by atoms with Crippen molar-refractivity contribution in [2.24, 2.45) is 0 Å². The van der Waals surface area contributed by atoms with Gasteiger partial charge < -0.3 is 5.32 Å². The van der Waals surface area contributed by atoms with E-state index in [9.17, 15) is 4.79 Å². The molecular weight excluding hydrogens is 320 g/mol. The van der Waals surface area contributed by atoms with Crippen molar-refractivity contribution in [2.75, 3.05) is 5.32 Å². The molecule has 0 fully saturated rings. The number of nitrogens with zero attached hydrogens (tertiary/aromatic N) is 5. The number of rotatable bonds is 3. The van der Waals surface area contributed by atoms with E-state index < -0.39 is 0 Å². The number of anilines is 1. The highest BCUT2D eigenvalue weighted by molar-refractivity contribution is 7.15. The number of fused-ring (bicyclic) bond motifs is 1. The molecule has 0 aliphatic carbocycles. The predicted molar refractivity (Wildman–Crippen MR) is 85.8 cm³/mol. The van der Waals surface area contributed by atoms with Gasteiger partial charge in [0.2, 0.25) is 4.96 Å². The van der Waals surface area contributed by atoms with Crippen molar-refractivity contribution in [2.45, 2.75) is 0 Å². The van der Waals surface area contributed by atoms with Gasteiger partial charge in [-0.3, -0.25) is 9.78 Å². The van der Waals surface area contributed by atoms with Crippen molar-refractivity contribution >= 4 is 39.0 Å². The summed E-state index contributed by atoms with van der Waals surface area (Å²) in [5, 5.41) is 9.85. The van der Waals surface area contributed by atoms with Crippen LogP contribution < -0.4 is 15.4 Å². The molecule has 108 valence electrons. The predicted octanol–water partition coefficient (Wildman–Crippen LogP) is 1.24. The van der Waals surface area contributed by atoms with Crippen LogP contribution in [0.1, 0.15) is 0 Å². The molecule has 4 aromatic heterocycles. The fourth-order valence-electron chi connectivity index (χ4n) is 1.88. The lowest BCUT2D eigenvalue weighted by molar-refractivity contribution is 0.936. The maximum Gasteiger partial charge on any atom is 0.292 e. The first-order valence-corrected chi connectivity index (χ1v) is 7.97. The summed E-state index contributed by atoms with van der Waals surface area (Å²) in [5.41, 5.74) is 0.633. The molecule has 0 saturated carbocycles. The molecule has 0 aromatic carbocycles. The molecule has 0 saturated heterocycles. The third kappa shape index (κ3) is 2.26. The van der Waals surface area contributed by atoms with Gasteiger partial charge in [0.15, 0.2) is 11.0 Å². The van der Waals surface area contributed by atoms with Gasteiger partial charge in [-0.15, -0.1) is 16.4 Å². The lowest BCUT2D eigenvalue weighted by Crippen LogP contribution is -2.24. The topological polar surface area (TPSA) is 85.1 Å². The summed E-state index contributed by atoms with van der Waals surface area (Å²) in [4.78, 5) is 25.3. The number of hydrogen-bond donors (Lipinski definition) is 1. The molecule has 0 radical (unpaired) electrons. The average molecular weight is 328 g/mol. The van der Waals surface area contributed by atoms with E-state index in [0.29, 0.717) is 15.3 Å². The van der Waals surface area contributed by atoms with Crippen LogP contribution in [-0.2, 0) is 0 Å². The smallest absolute Gasteiger partial charge is 0.292 e. The van der Waals surface area contributed by atoms with Gasteiger partial charge in [0.25, 0.3) is 5.56 Å². The molecule has 1 N–H and O–H groups in total. The lowest BCUT2D eigenvalue weighted by Gasteiger charge is -1.91. The lowest BCUT2D eigenvalue weighted by atomic mass is 10.3. The number of thiazole rings is 2. The Hall–Kier alpha value is -2.65. The fraction of sp³-hybridized carbons (Fsp3) is 0. The van der Waals surface area contributed by atoms with Crippen LogP contribution in [0.4, 0.5) is 5.13 Å². The number of aromatic nitrogens is 5. The number of hydrogen-bond acceptors (Lipinski definition) is 8.